The molecule has 3 aromatic rings. The first kappa shape index (κ1) is 20.4. The van der Waals surface area contributed by atoms with Crippen molar-refractivity contribution >= 4 is 11.6 Å². The molecule has 0 radical (unpaired) electrons. The molecule has 0 aromatic carbocycles. The van der Waals surface area contributed by atoms with Crippen LogP contribution in [0.25, 0.3) is 0 Å². The minimum absolute atomic E-state index is 0.251. The third kappa shape index (κ3) is 4.98. The van der Waals surface area contributed by atoms with Gasteiger partial charge in [-0.2, -0.15) is 5.10 Å². The van der Waals surface area contributed by atoms with Gasteiger partial charge in [-0.3, -0.25) is 10.00 Å². The molecule has 1 fully saturated rings. The van der Waals surface area contributed by atoms with Gasteiger partial charge in [0.15, 0.2) is 5.82 Å². The van der Waals surface area contributed by atoms with Crippen LogP contribution in [0.4, 0.5) is 11.6 Å². The molecule has 9 nitrogen and oxygen atoms in total. The van der Waals surface area contributed by atoms with Crippen LogP contribution in [0.15, 0.2) is 24.5 Å². The van der Waals surface area contributed by atoms with Crippen LogP contribution >= 0.6 is 0 Å². The molecule has 0 unspecified atom stereocenters. The molecular formula is C21H28N8O. The predicted molar refractivity (Wildman–Crippen MR) is 113 cm³/mol. The summed E-state index contributed by atoms with van der Waals surface area (Å²) in [5.74, 6) is 3.08. The van der Waals surface area contributed by atoms with E-state index >= 15 is 0 Å². The molecule has 1 aliphatic rings. The van der Waals surface area contributed by atoms with Gasteiger partial charge in [-0.05, 0) is 33.2 Å². The number of rotatable bonds is 8. The van der Waals surface area contributed by atoms with Gasteiger partial charge in [-0.25, -0.2) is 19.9 Å². The van der Waals surface area contributed by atoms with Crippen molar-refractivity contribution in [3.63, 3.8) is 0 Å². The van der Waals surface area contributed by atoms with E-state index in [0.29, 0.717) is 6.61 Å². The lowest BCUT2D eigenvalue weighted by molar-refractivity contribution is 0.200. The van der Waals surface area contributed by atoms with Crippen LogP contribution < -0.4 is 5.32 Å². The normalized spacial score (nSPS) is 16.8. The summed E-state index contributed by atoms with van der Waals surface area (Å²) in [6.07, 6.45) is 6.79. The number of H-pyrrole nitrogens is 1. The molecule has 0 spiro atoms. The lowest BCUT2D eigenvalue weighted by atomic mass is 10.1. The number of likely N-dealkylation sites (tertiary alicyclic amines) is 1. The van der Waals surface area contributed by atoms with Gasteiger partial charge in [0.1, 0.15) is 17.5 Å². The quantitative estimate of drug-likeness (QED) is 0.586. The van der Waals surface area contributed by atoms with Gasteiger partial charge in [-0.1, -0.05) is 0 Å². The lowest BCUT2D eigenvalue weighted by Gasteiger charge is -2.24. The minimum Gasteiger partial charge on any atom is -0.384 e. The number of hydrogen-bond donors (Lipinski definition) is 2. The molecule has 0 saturated carbocycles. The smallest absolute Gasteiger partial charge is 0.153 e. The number of aromatic nitrogens is 6. The molecule has 3 aromatic heterocycles. The van der Waals surface area contributed by atoms with Crippen LogP contribution in [0.3, 0.4) is 0 Å². The van der Waals surface area contributed by atoms with Crippen LogP contribution in [0.1, 0.15) is 47.5 Å². The molecule has 4 heterocycles. The zero-order chi connectivity index (χ0) is 20.9. The Labute approximate surface area is 176 Å². The molecule has 4 rings (SSSR count). The molecule has 30 heavy (non-hydrogen) atoms. The van der Waals surface area contributed by atoms with E-state index in [2.05, 4.69) is 35.4 Å². The van der Waals surface area contributed by atoms with Crippen molar-refractivity contribution in [3.8, 4) is 0 Å². The molecular weight excluding hydrogens is 380 g/mol. The first-order chi connectivity index (χ1) is 14.6. The number of hydrogen-bond acceptors (Lipinski definition) is 8. The summed E-state index contributed by atoms with van der Waals surface area (Å²) < 4.78 is 5.09. The fourth-order valence-electron chi connectivity index (χ4n) is 3.81. The predicted octanol–water partition coefficient (Wildman–Crippen LogP) is 2.88. The Balaban J connectivity index is 1.47. The summed E-state index contributed by atoms with van der Waals surface area (Å²) in [5, 5.41) is 10.5. The van der Waals surface area contributed by atoms with Crippen molar-refractivity contribution in [2.75, 3.05) is 25.6 Å². The van der Waals surface area contributed by atoms with E-state index in [4.69, 9.17) is 9.72 Å². The number of ether oxygens (including phenoxy) is 1. The first-order valence-electron chi connectivity index (χ1n) is 10.3. The summed E-state index contributed by atoms with van der Waals surface area (Å²) in [6.45, 7) is 6.37. The zero-order valence-corrected chi connectivity index (χ0v) is 17.7. The molecule has 158 valence electrons. The highest BCUT2D eigenvalue weighted by Crippen LogP contribution is 2.33. The molecule has 0 aliphatic carbocycles. The maximum absolute atomic E-state index is 5.09. The van der Waals surface area contributed by atoms with Gasteiger partial charge < -0.3 is 10.1 Å². The van der Waals surface area contributed by atoms with Gasteiger partial charge in [0.2, 0.25) is 0 Å². The highest BCUT2D eigenvalue weighted by atomic mass is 16.5. The van der Waals surface area contributed by atoms with E-state index in [0.717, 1.165) is 72.6 Å². The zero-order valence-electron chi connectivity index (χ0n) is 17.7. The number of anilines is 2. The van der Waals surface area contributed by atoms with Crippen LogP contribution in [-0.4, -0.2) is 55.3 Å². The van der Waals surface area contributed by atoms with Gasteiger partial charge in [0.05, 0.1) is 18.3 Å². The monoisotopic (exact) mass is 408 g/mol. The molecule has 9 heteroatoms. The summed E-state index contributed by atoms with van der Waals surface area (Å²) in [7, 11) is 1.69. The number of nitrogens with zero attached hydrogens (tertiary/aromatic N) is 6. The van der Waals surface area contributed by atoms with E-state index < -0.39 is 0 Å². The summed E-state index contributed by atoms with van der Waals surface area (Å²) in [4.78, 5) is 20.6. The second-order valence-corrected chi connectivity index (χ2v) is 7.67. The summed E-state index contributed by atoms with van der Waals surface area (Å²) in [6, 6.07) is 4.24. The molecule has 0 amide bonds. The maximum Gasteiger partial charge on any atom is 0.153 e. The Morgan fingerprint density at radius 1 is 1.17 bits per heavy atom. The minimum atomic E-state index is 0.251. The van der Waals surface area contributed by atoms with Crippen molar-refractivity contribution in [1.29, 1.82) is 0 Å². The topological polar surface area (TPSA) is 105 Å². The Hall–Kier alpha value is -2.91. The first-order valence-corrected chi connectivity index (χ1v) is 10.3. The van der Waals surface area contributed by atoms with Crippen LogP contribution in [0.2, 0.25) is 0 Å². The Kier molecular flexibility index (Phi) is 6.29. The van der Waals surface area contributed by atoms with Crippen molar-refractivity contribution < 1.29 is 4.74 Å². The third-order valence-electron chi connectivity index (χ3n) is 5.20. The van der Waals surface area contributed by atoms with Crippen LogP contribution in [0.5, 0.6) is 0 Å². The number of aryl methyl sites for hydroxylation is 2. The molecule has 1 saturated heterocycles. The highest BCUT2D eigenvalue weighted by molar-refractivity contribution is 5.52. The Morgan fingerprint density at radius 2 is 2.00 bits per heavy atom. The fourth-order valence-corrected chi connectivity index (χ4v) is 3.81. The third-order valence-corrected chi connectivity index (χ3v) is 5.20. The van der Waals surface area contributed by atoms with Crippen molar-refractivity contribution in [1.82, 2.24) is 35.0 Å². The summed E-state index contributed by atoms with van der Waals surface area (Å²) >= 11 is 0. The average Bonchev–Trinajstić information content (AvgIpc) is 3.36. The van der Waals surface area contributed by atoms with E-state index in [-0.39, 0.29) is 6.04 Å². The van der Waals surface area contributed by atoms with Crippen LogP contribution in [0, 0.1) is 13.8 Å². The van der Waals surface area contributed by atoms with Crippen molar-refractivity contribution in [3.05, 3.63) is 53.1 Å². The van der Waals surface area contributed by atoms with Crippen molar-refractivity contribution in [2.24, 2.45) is 0 Å². The van der Waals surface area contributed by atoms with Crippen molar-refractivity contribution in [2.45, 2.75) is 45.7 Å². The lowest BCUT2D eigenvalue weighted by Crippen LogP contribution is -2.24. The number of methoxy groups -OCH3 is 1. The SMILES string of the molecule is COCCc1ncc(CN2CCC[C@@H]2c2cc(Nc3cc(C)[nH]n3)nc(C)n2)cn1. The van der Waals surface area contributed by atoms with E-state index in [1.54, 1.807) is 7.11 Å². The second kappa shape index (κ2) is 9.27. The summed E-state index contributed by atoms with van der Waals surface area (Å²) in [5.41, 5.74) is 3.15. The number of nitrogens with one attached hydrogen (secondary N) is 2. The van der Waals surface area contributed by atoms with E-state index in [1.807, 2.05) is 38.4 Å². The van der Waals surface area contributed by atoms with E-state index in [9.17, 15) is 0 Å². The van der Waals surface area contributed by atoms with Gasteiger partial charge in [-0.15, -0.1) is 0 Å². The van der Waals surface area contributed by atoms with Gasteiger partial charge in [0, 0.05) is 55.9 Å². The molecule has 2 N–H and O–H groups in total. The van der Waals surface area contributed by atoms with Gasteiger partial charge >= 0.3 is 0 Å². The molecule has 1 aliphatic heterocycles. The average molecular weight is 409 g/mol. The van der Waals surface area contributed by atoms with Crippen LogP contribution in [-0.2, 0) is 17.7 Å². The van der Waals surface area contributed by atoms with E-state index in [1.165, 1.54) is 0 Å². The highest BCUT2D eigenvalue weighted by Gasteiger charge is 2.28. The fraction of sp³-hybridized carbons (Fsp3) is 0.476. The maximum atomic E-state index is 5.09. The van der Waals surface area contributed by atoms with Gasteiger partial charge in [0.25, 0.3) is 0 Å². The Morgan fingerprint density at radius 3 is 2.73 bits per heavy atom. The molecule has 1 atom stereocenters. The number of aromatic amines is 1. The molecule has 0 bridgehead atoms. The largest absolute Gasteiger partial charge is 0.384 e. The Bertz CT molecular complexity index is 971. The second-order valence-electron chi connectivity index (χ2n) is 7.67. The standard InChI is InChI=1S/C21H28N8O/c1-14-9-21(28-27-14)26-20-10-17(24-15(2)25-20)18-5-4-7-29(18)13-16-11-22-19(23-12-16)6-8-30-3/h9-12,18H,4-8,13H2,1-3H3,(H2,24,25,26,27,28)/t18-/m1/s1.